The zero-order valence-electron chi connectivity index (χ0n) is 19.5. The summed E-state index contributed by atoms with van der Waals surface area (Å²) >= 11 is 4.76. The van der Waals surface area contributed by atoms with Gasteiger partial charge >= 0.3 is 5.97 Å². The van der Waals surface area contributed by atoms with Gasteiger partial charge < -0.3 is 9.64 Å². The lowest BCUT2D eigenvalue weighted by atomic mass is 9.93. The summed E-state index contributed by atoms with van der Waals surface area (Å²) in [5.41, 5.74) is 1.53. The number of carbonyl (C=O) groups excluding carboxylic acids is 3. The van der Waals surface area contributed by atoms with Gasteiger partial charge in [0, 0.05) is 49.5 Å². The quantitative estimate of drug-likeness (QED) is 0.343. The fourth-order valence-corrected chi connectivity index (χ4v) is 4.98. The Morgan fingerprint density at radius 1 is 1.18 bits per heavy atom. The molecular weight excluding hydrogens is 457 g/mol. The van der Waals surface area contributed by atoms with E-state index < -0.39 is 12.0 Å². The van der Waals surface area contributed by atoms with E-state index in [9.17, 15) is 18.8 Å². The molecule has 34 heavy (non-hydrogen) atoms. The fraction of sp³-hybridized carbons (Fsp3) is 0.560. The maximum absolute atomic E-state index is 14.7. The number of piperidine rings is 1. The van der Waals surface area contributed by atoms with Crippen molar-refractivity contribution >= 4 is 30.3 Å². The molecule has 1 aromatic rings. The minimum Gasteiger partial charge on any atom is -0.468 e. The van der Waals surface area contributed by atoms with Gasteiger partial charge in [-0.2, -0.15) is 12.6 Å². The molecule has 2 saturated heterocycles. The topological polar surface area (TPSA) is 70.2 Å². The van der Waals surface area contributed by atoms with Crippen LogP contribution < -0.4 is 0 Å². The van der Waals surface area contributed by atoms with E-state index in [0.29, 0.717) is 38.3 Å². The van der Waals surface area contributed by atoms with Crippen LogP contribution in [0.5, 0.6) is 0 Å². The molecule has 0 radical (unpaired) electrons. The number of esters is 1. The van der Waals surface area contributed by atoms with Crippen LogP contribution in [0, 0.1) is 11.7 Å². The van der Waals surface area contributed by atoms with Crippen molar-refractivity contribution in [3.8, 4) is 0 Å². The lowest BCUT2D eigenvalue weighted by Gasteiger charge is -2.38. The Bertz CT molecular complexity index is 967. The zero-order chi connectivity index (χ0) is 24.2. The lowest BCUT2D eigenvalue weighted by molar-refractivity contribution is -0.149. The Morgan fingerprint density at radius 3 is 2.62 bits per heavy atom. The Balaban J connectivity index is 1.43. The SMILES string of the molecule is COC(=O)CN1CCN(C/C=C2/CN(C(C(=O)C3CC3)c3ccccc3F)CCC2S)CC1=O. The number of nitrogens with zero attached hydrogens (tertiary/aromatic N) is 3. The van der Waals surface area contributed by atoms with Crippen LogP contribution in [0.25, 0.3) is 0 Å². The average molecular weight is 490 g/mol. The van der Waals surface area contributed by atoms with Gasteiger partial charge in [0.05, 0.1) is 19.7 Å². The smallest absolute Gasteiger partial charge is 0.325 e. The lowest BCUT2D eigenvalue weighted by Crippen LogP contribution is -2.51. The van der Waals surface area contributed by atoms with Gasteiger partial charge in [-0.05, 0) is 30.9 Å². The minimum absolute atomic E-state index is 0.0234. The van der Waals surface area contributed by atoms with Crippen molar-refractivity contribution in [3.63, 3.8) is 0 Å². The van der Waals surface area contributed by atoms with Gasteiger partial charge in [0.1, 0.15) is 12.4 Å². The highest BCUT2D eigenvalue weighted by molar-refractivity contribution is 7.81. The number of ketones is 1. The van der Waals surface area contributed by atoms with Crippen molar-refractivity contribution in [2.75, 3.05) is 52.9 Å². The third-order valence-corrected chi connectivity index (χ3v) is 7.46. The van der Waals surface area contributed by atoms with E-state index in [2.05, 4.69) is 15.7 Å². The minimum atomic E-state index is -0.582. The number of carbonyl (C=O) groups is 3. The average Bonchev–Trinajstić information content (AvgIpc) is 3.67. The number of halogens is 1. The van der Waals surface area contributed by atoms with E-state index in [-0.39, 0.29) is 41.8 Å². The van der Waals surface area contributed by atoms with E-state index in [0.717, 1.165) is 24.8 Å². The number of amides is 1. The molecule has 2 unspecified atom stereocenters. The van der Waals surface area contributed by atoms with Crippen LogP contribution in [0.1, 0.15) is 30.9 Å². The second kappa shape index (κ2) is 11.0. The van der Waals surface area contributed by atoms with Crippen molar-refractivity contribution in [1.82, 2.24) is 14.7 Å². The molecule has 1 aromatic carbocycles. The molecule has 0 N–H and O–H groups in total. The zero-order valence-corrected chi connectivity index (χ0v) is 20.4. The van der Waals surface area contributed by atoms with Crippen molar-refractivity contribution in [2.45, 2.75) is 30.6 Å². The first kappa shape index (κ1) is 24.9. The predicted octanol–water partition coefficient (Wildman–Crippen LogP) is 2.09. The first-order chi connectivity index (χ1) is 16.4. The number of benzene rings is 1. The van der Waals surface area contributed by atoms with E-state index >= 15 is 0 Å². The van der Waals surface area contributed by atoms with Crippen molar-refractivity contribution in [1.29, 1.82) is 0 Å². The van der Waals surface area contributed by atoms with Gasteiger partial charge in [0.25, 0.3) is 0 Å². The van der Waals surface area contributed by atoms with Crippen molar-refractivity contribution < 1.29 is 23.5 Å². The maximum atomic E-state index is 14.7. The molecule has 1 aliphatic carbocycles. The number of Topliss-reactive ketones (excluding diaryl/α,β-unsaturated/α-hetero) is 1. The summed E-state index contributed by atoms with van der Waals surface area (Å²) in [7, 11) is 1.31. The number of piperazine rings is 1. The maximum Gasteiger partial charge on any atom is 0.325 e. The summed E-state index contributed by atoms with van der Waals surface area (Å²) in [6.07, 6.45) is 4.62. The molecule has 7 nitrogen and oxygen atoms in total. The molecule has 0 spiro atoms. The predicted molar refractivity (Wildman–Crippen MR) is 129 cm³/mol. The van der Waals surface area contributed by atoms with Crippen LogP contribution in [-0.2, 0) is 19.1 Å². The normalized spacial score (nSPS) is 24.3. The number of ether oxygens (including phenoxy) is 1. The standard InChI is InChI=1S/C25H32FN3O4S/c1-33-23(31)16-28-13-12-27(15-22(28)30)10-8-18-14-29(11-9-21(18)34)24(25(32)17-6-7-17)19-4-2-3-5-20(19)26/h2-5,8,17,21,24,34H,6-7,9-16H2,1H3/b18-8-. The van der Waals surface area contributed by atoms with E-state index in [1.807, 2.05) is 4.90 Å². The van der Waals surface area contributed by atoms with Gasteiger partial charge in [0.2, 0.25) is 5.91 Å². The molecule has 0 bridgehead atoms. The molecule has 0 aromatic heterocycles. The van der Waals surface area contributed by atoms with Gasteiger partial charge in [-0.15, -0.1) is 0 Å². The molecule has 3 aliphatic rings. The van der Waals surface area contributed by atoms with Crippen LogP contribution in [-0.4, -0.2) is 90.5 Å². The van der Waals surface area contributed by atoms with Gasteiger partial charge in [-0.3, -0.25) is 24.2 Å². The van der Waals surface area contributed by atoms with Crippen molar-refractivity contribution in [3.05, 3.63) is 47.3 Å². The van der Waals surface area contributed by atoms with Gasteiger partial charge in [0.15, 0.2) is 5.78 Å². The highest BCUT2D eigenvalue weighted by Gasteiger charge is 2.40. The van der Waals surface area contributed by atoms with Crippen LogP contribution in [0.15, 0.2) is 35.9 Å². The highest BCUT2D eigenvalue weighted by atomic mass is 32.1. The number of thiol groups is 1. The summed E-state index contributed by atoms with van der Waals surface area (Å²) in [5.74, 6) is -0.734. The van der Waals surface area contributed by atoms with Crippen LogP contribution in [0.4, 0.5) is 4.39 Å². The Morgan fingerprint density at radius 2 is 1.94 bits per heavy atom. The molecule has 3 fully saturated rings. The Hall–Kier alpha value is -2.23. The monoisotopic (exact) mass is 489 g/mol. The number of hydrogen-bond donors (Lipinski definition) is 1. The summed E-state index contributed by atoms with van der Waals surface area (Å²) < 4.78 is 19.3. The fourth-order valence-electron chi connectivity index (χ4n) is 4.68. The molecule has 1 amide bonds. The third-order valence-electron chi connectivity index (χ3n) is 6.87. The molecule has 2 aliphatic heterocycles. The largest absolute Gasteiger partial charge is 0.468 e. The van der Waals surface area contributed by atoms with Crippen molar-refractivity contribution in [2.24, 2.45) is 5.92 Å². The second-order valence-electron chi connectivity index (χ2n) is 9.28. The van der Waals surface area contributed by atoms with E-state index in [1.54, 1.807) is 18.2 Å². The number of likely N-dealkylation sites (tertiary alicyclic amines) is 1. The molecule has 2 atom stereocenters. The third kappa shape index (κ3) is 5.87. The Kier molecular flexibility index (Phi) is 8.06. The molecule has 2 heterocycles. The first-order valence-electron chi connectivity index (χ1n) is 11.8. The van der Waals surface area contributed by atoms with Gasteiger partial charge in [-0.25, -0.2) is 4.39 Å². The van der Waals surface area contributed by atoms with Crippen LogP contribution in [0.3, 0.4) is 0 Å². The summed E-state index contributed by atoms with van der Waals surface area (Å²) in [5, 5.41) is 0.0601. The molecular formula is C25H32FN3O4S. The first-order valence-corrected chi connectivity index (χ1v) is 12.3. The van der Waals surface area contributed by atoms with Crippen LogP contribution >= 0.6 is 12.6 Å². The number of methoxy groups -OCH3 is 1. The van der Waals surface area contributed by atoms with Gasteiger partial charge in [-0.1, -0.05) is 24.3 Å². The molecule has 4 rings (SSSR count). The number of rotatable bonds is 8. The van der Waals surface area contributed by atoms with E-state index in [4.69, 9.17) is 12.6 Å². The summed E-state index contributed by atoms with van der Waals surface area (Å²) in [6.45, 7) is 3.14. The Labute approximate surface area is 205 Å². The highest BCUT2D eigenvalue weighted by Crippen LogP contribution is 2.39. The molecule has 9 heteroatoms. The van der Waals surface area contributed by atoms with Crippen LogP contribution in [0.2, 0.25) is 0 Å². The second-order valence-corrected chi connectivity index (χ2v) is 9.90. The van der Waals surface area contributed by atoms with E-state index in [1.165, 1.54) is 18.1 Å². The molecule has 1 saturated carbocycles. The number of hydrogen-bond acceptors (Lipinski definition) is 7. The summed E-state index contributed by atoms with van der Waals surface area (Å²) in [4.78, 5) is 42.7. The molecule has 184 valence electrons. The summed E-state index contributed by atoms with van der Waals surface area (Å²) in [6, 6.07) is 5.98.